The Hall–Kier alpha value is -2.82. The quantitative estimate of drug-likeness (QED) is 0.549. The summed E-state index contributed by atoms with van der Waals surface area (Å²) in [6.45, 7) is 5.67. The Morgan fingerprint density at radius 2 is 1.45 bits per heavy atom. The van der Waals surface area contributed by atoms with E-state index in [4.69, 9.17) is 9.47 Å². The van der Waals surface area contributed by atoms with E-state index in [0.29, 0.717) is 24.2 Å². The lowest BCUT2D eigenvalue weighted by molar-refractivity contribution is -0.0260. The van der Waals surface area contributed by atoms with Gasteiger partial charge in [0.15, 0.2) is 5.78 Å². The van der Waals surface area contributed by atoms with Gasteiger partial charge in [-0.1, -0.05) is 18.2 Å². The van der Waals surface area contributed by atoms with Crippen molar-refractivity contribution in [2.45, 2.75) is 70.6 Å². The van der Waals surface area contributed by atoms with E-state index in [9.17, 15) is 9.59 Å². The number of carbonyl (C=O) groups excluding carboxylic acids is 2. The minimum atomic E-state index is -0.512. The van der Waals surface area contributed by atoms with Crippen molar-refractivity contribution in [3.05, 3.63) is 60.2 Å². The van der Waals surface area contributed by atoms with Crippen molar-refractivity contribution in [1.82, 2.24) is 4.90 Å². The minimum Gasteiger partial charge on any atom is -0.457 e. The Balaban J connectivity index is 1.42. The maximum Gasteiger partial charge on any atom is 0.410 e. The van der Waals surface area contributed by atoms with Crippen molar-refractivity contribution >= 4 is 11.9 Å². The molecule has 0 aromatic heterocycles. The molecule has 0 aliphatic carbocycles. The molecule has 2 unspecified atom stereocenters. The summed E-state index contributed by atoms with van der Waals surface area (Å²) in [5.41, 5.74) is 0.191. The van der Waals surface area contributed by atoms with E-state index in [1.165, 1.54) is 0 Å². The molecular formula is C26H31NO4. The number of hydrogen-bond donors (Lipinski definition) is 0. The molecule has 2 aliphatic heterocycles. The molecule has 2 bridgehead atoms. The van der Waals surface area contributed by atoms with E-state index < -0.39 is 5.60 Å². The number of carbonyl (C=O) groups is 2. The van der Waals surface area contributed by atoms with E-state index in [1.807, 2.05) is 80.3 Å². The van der Waals surface area contributed by atoms with Crippen LogP contribution in [0, 0.1) is 5.92 Å². The molecule has 0 N–H and O–H groups in total. The highest BCUT2D eigenvalue weighted by atomic mass is 16.6. The summed E-state index contributed by atoms with van der Waals surface area (Å²) in [7, 11) is 0. The Morgan fingerprint density at radius 1 is 0.871 bits per heavy atom. The Morgan fingerprint density at radius 3 is 2.03 bits per heavy atom. The molecule has 0 spiro atoms. The molecule has 164 valence electrons. The molecule has 2 aromatic rings. The van der Waals surface area contributed by atoms with Gasteiger partial charge >= 0.3 is 6.09 Å². The summed E-state index contributed by atoms with van der Waals surface area (Å²) in [6, 6.07) is 17.1. The first-order chi connectivity index (χ1) is 14.8. The molecule has 2 saturated heterocycles. The second-order valence-electron chi connectivity index (χ2n) is 9.60. The highest BCUT2D eigenvalue weighted by molar-refractivity contribution is 5.98. The molecule has 31 heavy (non-hydrogen) atoms. The van der Waals surface area contributed by atoms with Gasteiger partial charge in [-0.2, -0.15) is 0 Å². The lowest BCUT2D eigenvalue weighted by atomic mass is 9.76. The first kappa shape index (κ1) is 21.4. The van der Waals surface area contributed by atoms with E-state index in [1.54, 1.807) is 0 Å². The standard InChI is InChI=1S/C26H31NO4/c1-26(2,3)31-25(29)27-20-8-7-9-21(27)17-19(16-20)24(28)18-12-14-23(15-13-18)30-22-10-5-4-6-11-22/h4-6,10-15,19-21H,7-9,16-17H2,1-3H3. The molecule has 1 amide bonds. The lowest BCUT2D eigenvalue weighted by Crippen LogP contribution is -2.56. The van der Waals surface area contributed by atoms with Gasteiger partial charge in [-0.15, -0.1) is 0 Å². The number of para-hydroxylation sites is 1. The minimum absolute atomic E-state index is 0.0603. The predicted octanol–water partition coefficient (Wildman–Crippen LogP) is 6.23. The summed E-state index contributed by atoms with van der Waals surface area (Å²) in [5, 5.41) is 0. The van der Waals surface area contributed by atoms with Crippen LogP contribution in [0.4, 0.5) is 4.79 Å². The third-order valence-corrected chi connectivity index (χ3v) is 6.07. The van der Waals surface area contributed by atoms with Crippen LogP contribution >= 0.6 is 0 Å². The molecule has 2 aromatic carbocycles. The maximum atomic E-state index is 13.2. The Kier molecular flexibility index (Phi) is 6.03. The predicted molar refractivity (Wildman–Crippen MR) is 120 cm³/mol. The highest BCUT2D eigenvalue weighted by Crippen LogP contribution is 2.39. The van der Waals surface area contributed by atoms with Gasteiger partial charge in [-0.05, 0) is 89.3 Å². The van der Waals surface area contributed by atoms with E-state index >= 15 is 0 Å². The van der Waals surface area contributed by atoms with E-state index in [2.05, 4.69) is 0 Å². The molecule has 2 aliphatic rings. The van der Waals surface area contributed by atoms with Crippen LogP contribution in [-0.2, 0) is 4.74 Å². The number of piperidine rings is 2. The van der Waals surface area contributed by atoms with Gasteiger partial charge < -0.3 is 14.4 Å². The number of amides is 1. The van der Waals surface area contributed by atoms with Crippen LogP contribution in [0.2, 0.25) is 0 Å². The number of nitrogens with zero attached hydrogens (tertiary/aromatic N) is 1. The number of ketones is 1. The zero-order valence-corrected chi connectivity index (χ0v) is 18.5. The fraction of sp³-hybridized carbons (Fsp3) is 0.462. The first-order valence-corrected chi connectivity index (χ1v) is 11.2. The van der Waals surface area contributed by atoms with Crippen molar-refractivity contribution in [2.24, 2.45) is 5.92 Å². The molecule has 2 fully saturated rings. The van der Waals surface area contributed by atoms with Crippen LogP contribution in [0.25, 0.3) is 0 Å². The summed E-state index contributed by atoms with van der Waals surface area (Å²) in [4.78, 5) is 27.9. The number of ether oxygens (including phenoxy) is 2. The van der Waals surface area contributed by atoms with Crippen LogP contribution < -0.4 is 4.74 Å². The van der Waals surface area contributed by atoms with Crippen LogP contribution in [0.1, 0.15) is 63.2 Å². The van der Waals surface area contributed by atoms with Crippen molar-refractivity contribution < 1.29 is 19.1 Å². The molecule has 0 radical (unpaired) electrons. The van der Waals surface area contributed by atoms with Gasteiger partial charge in [0.05, 0.1) is 0 Å². The fourth-order valence-corrected chi connectivity index (χ4v) is 4.76. The number of benzene rings is 2. The second kappa shape index (κ2) is 8.74. The molecular weight excluding hydrogens is 390 g/mol. The second-order valence-corrected chi connectivity index (χ2v) is 9.60. The zero-order valence-electron chi connectivity index (χ0n) is 18.5. The fourth-order valence-electron chi connectivity index (χ4n) is 4.76. The molecule has 5 nitrogen and oxygen atoms in total. The third-order valence-electron chi connectivity index (χ3n) is 6.07. The first-order valence-electron chi connectivity index (χ1n) is 11.2. The number of hydrogen-bond acceptors (Lipinski definition) is 4. The van der Waals surface area contributed by atoms with Crippen LogP contribution in [0.3, 0.4) is 0 Å². The van der Waals surface area contributed by atoms with E-state index in [-0.39, 0.29) is 29.9 Å². The average molecular weight is 422 g/mol. The average Bonchev–Trinajstić information content (AvgIpc) is 2.72. The van der Waals surface area contributed by atoms with Crippen LogP contribution in [0.5, 0.6) is 11.5 Å². The summed E-state index contributed by atoms with van der Waals surface area (Å²) in [5.74, 6) is 1.57. The summed E-state index contributed by atoms with van der Waals surface area (Å²) in [6.07, 6.45) is 4.14. The topological polar surface area (TPSA) is 55.8 Å². The van der Waals surface area contributed by atoms with Crippen molar-refractivity contribution in [3.8, 4) is 11.5 Å². The van der Waals surface area contributed by atoms with Gasteiger partial charge in [-0.3, -0.25) is 4.79 Å². The van der Waals surface area contributed by atoms with Gasteiger partial charge in [0.2, 0.25) is 0 Å². The van der Waals surface area contributed by atoms with E-state index in [0.717, 1.165) is 25.0 Å². The SMILES string of the molecule is CC(C)(C)OC(=O)N1C2CCCC1CC(C(=O)c1ccc(Oc3ccccc3)cc1)C2. The van der Waals surface area contributed by atoms with Crippen LogP contribution in [0.15, 0.2) is 54.6 Å². The zero-order chi connectivity index (χ0) is 22.0. The molecule has 2 atom stereocenters. The smallest absolute Gasteiger partial charge is 0.410 e. The summed E-state index contributed by atoms with van der Waals surface area (Å²) >= 11 is 0. The Labute approximate surface area is 184 Å². The van der Waals surface area contributed by atoms with Gasteiger partial charge in [0.25, 0.3) is 0 Å². The Bertz CT molecular complexity index is 903. The number of fused-ring (bicyclic) bond motifs is 2. The monoisotopic (exact) mass is 421 g/mol. The van der Waals surface area contributed by atoms with Gasteiger partial charge in [0.1, 0.15) is 17.1 Å². The van der Waals surface area contributed by atoms with Crippen molar-refractivity contribution in [3.63, 3.8) is 0 Å². The molecule has 5 heteroatoms. The number of rotatable bonds is 4. The lowest BCUT2D eigenvalue weighted by Gasteiger charge is -2.48. The summed E-state index contributed by atoms with van der Waals surface area (Å²) < 4.78 is 11.5. The number of Topliss-reactive ketones (excluding diaryl/α,β-unsaturated/α-hetero) is 1. The molecule has 2 heterocycles. The van der Waals surface area contributed by atoms with Crippen molar-refractivity contribution in [1.29, 1.82) is 0 Å². The largest absolute Gasteiger partial charge is 0.457 e. The van der Waals surface area contributed by atoms with Gasteiger partial charge in [0, 0.05) is 23.6 Å². The molecule has 0 saturated carbocycles. The normalized spacial score (nSPS) is 23.2. The maximum absolute atomic E-state index is 13.2. The van der Waals surface area contributed by atoms with Gasteiger partial charge in [-0.25, -0.2) is 4.79 Å². The molecule has 4 rings (SSSR count). The van der Waals surface area contributed by atoms with Crippen LogP contribution in [-0.4, -0.2) is 34.5 Å². The third kappa shape index (κ3) is 5.09. The van der Waals surface area contributed by atoms with Crippen molar-refractivity contribution in [2.75, 3.05) is 0 Å². The highest BCUT2D eigenvalue weighted by Gasteiger charge is 2.44.